The first kappa shape index (κ1) is 17.7. The van der Waals surface area contributed by atoms with E-state index in [-0.39, 0.29) is 23.3 Å². The molecule has 2 aromatic carbocycles. The van der Waals surface area contributed by atoms with Crippen LogP contribution >= 0.6 is 0 Å². The van der Waals surface area contributed by atoms with Crippen molar-refractivity contribution in [3.05, 3.63) is 70.3 Å². The highest BCUT2D eigenvalue weighted by molar-refractivity contribution is 5.78. The first-order valence-electron chi connectivity index (χ1n) is 9.08. The Labute approximate surface area is 157 Å². The second-order valence-corrected chi connectivity index (χ2v) is 7.39. The van der Waals surface area contributed by atoms with Crippen molar-refractivity contribution < 1.29 is 4.39 Å². The van der Waals surface area contributed by atoms with E-state index in [4.69, 9.17) is 4.98 Å². The number of hydrogen-bond acceptors (Lipinski definition) is 4. The minimum absolute atomic E-state index is 0.0396. The lowest BCUT2D eigenvalue weighted by molar-refractivity contribution is 0.292. The molecule has 1 saturated heterocycles. The summed E-state index contributed by atoms with van der Waals surface area (Å²) in [6, 6.07) is 14.4. The SMILES string of the molecule is CN(C)C1CN(c2nc3ccccc3c(=O)n2C)CC1c1ccc(F)cc1. The molecule has 2 atom stereocenters. The summed E-state index contributed by atoms with van der Waals surface area (Å²) in [4.78, 5) is 21.9. The number of fused-ring (bicyclic) bond motifs is 1. The highest BCUT2D eigenvalue weighted by atomic mass is 19.1. The van der Waals surface area contributed by atoms with Gasteiger partial charge >= 0.3 is 0 Å². The molecule has 5 nitrogen and oxygen atoms in total. The zero-order chi connectivity index (χ0) is 19.1. The fourth-order valence-corrected chi connectivity index (χ4v) is 4.00. The molecular formula is C21H23FN4O. The maximum Gasteiger partial charge on any atom is 0.262 e. The van der Waals surface area contributed by atoms with Gasteiger partial charge in [-0.3, -0.25) is 9.36 Å². The maximum absolute atomic E-state index is 13.3. The van der Waals surface area contributed by atoms with Crippen molar-refractivity contribution in [3.8, 4) is 0 Å². The van der Waals surface area contributed by atoms with Crippen molar-refractivity contribution >= 4 is 16.9 Å². The Bertz CT molecular complexity index is 1030. The van der Waals surface area contributed by atoms with Crippen LogP contribution in [0.3, 0.4) is 0 Å². The Morgan fingerprint density at radius 1 is 1.07 bits per heavy atom. The topological polar surface area (TPSA) is 41.4 Å². The van der Waals surface area contributed by atoms with E-state index in [1.54, 1.807) is 11.6 Å². The Morgan fingerprint density at radius 3 is 2.48 bits per heavy atom. The molecule has 27 heavy (non-hydrogen) atoms. The molecule has 2 heterocycles. The van der Waals surface area contributed by atoms with Crippen LogP contribution in [0.1, 0.15) is 11.5 Å². The van der Waals surface area contributed by atoms with Gasteiger partial charge in [0, 0.05) is 32.1 Å². The van der Waals surface area contributed by atoms with Gasteiger partial charge in [0.2, 0.25) is 5.95 Å². The van der Waals surface area contributed by atoms with Gasteiger partial charge in [-0.25, -0.2) is 9.37 Å². The van der Waals surface area contributed by atoms with Crippen molar-refractivity contribution in [3.63, 3.8) is 0 Å². The Kier molecular flexibility index (Phi) is 4.44. The highest BCUT2D eigenvalue weighted by Crippen LogP contribution is 2.32. The maximum atomic E-state index is 13.3. The lowest BCUT2D eigenvalue weighted by atomic mass is 9.94. The van der Waals surface area contributed by atoms with E-state index in [0.717, 1.165) is 18.7 Å². The summed E-state index contributed by atoms with van der Waals surface area (Å²) in [6.07, 6.45) is 0. The zero-order valence-electron chi connectivity index (χ0n) is 15.8. The molecule has 4 rings (SSSR count). The molecule has 0 spiro atoms. The quantitative estimate of drug-likeness (QED) is 0.715. The van der Waals surface area contributed by atoms with E-state index in [1.165, 1.54) is 12.1 Å². The molecular weight excluding hydrogens is 343 g/mol. The average molecular weight is 366 g/mol. The predicted molar refractivity (Wildman–Crippen MR) is 106 cm³/mol. The van der Waals surface area contributed by atoms with Crippen molar-refractivity contribution in [1.29, 1.82) is 0 Å². The predicted octanol–water partition coefficient (Wildman–Crippen LogP) is 2.61. The molecule has 1 aromatic heterocycles. The molecule has 1 fully saturated rings. The number of hydrogen-bond donors (Lipinski definition) is 0. The molecule has 0 N–H and O–H groups in total. The molecule has 0 amide bonds. The molecule has 2 unspecified atom stereocenters. The number of nitrogens with zero attached hydrogens (tertiary/aromatic N) is 4. The average Bonchev–Trinajstić information content (AvgIpc) is 3.11. The largest absolute Gasteiger partial charge is 0.340 e. The minimum Gasteiger partial charge on any atom is -0.340 e. The van der Waals surface area contributed by atoms with E-state index >= 15 is 0 Å². The molecule has 0 aliphatic carbocycles. The van der Waals surface area contributed by atoms with Crippen LogP contribution in [0.2, 0.25) is 0 Å². The van der Waals surface area contributed by atoms with Crippen molar-refractivity contribution in [2.75, 3.05) is 32.1 Å². The van der Waals surface area contributed by atoms with Crippen molar-refractivity contribution in [2.45, 2.75) is 12.0 Å². The van der Waals surface area contributed by atoms with Gasteiger partial charge in [0.15, 0.2) is 0 Å². The fraction of sp³-hybridized carbons (Fsp3) is 0.333. The van der Waals surface area contributed by atoms with Crippen LogP contribution in [0, 0.1) is 5.82 Å². The summed E-state index contributed by atoms with van der Waals surface area (Å²) in [7, 11) is 5.88. The zero-order valence-corrected chi connectivity index (χ0v) is 15.8. The van der Waals surface area contributed by atoms with Gasteiger partial charge in [0.1, 0.15) is 5.82 Å². The van der Waals surface area contributed by atoms with Gasteiger partial charge in [-0.2, -0.15) is 0 Å². The van der Waals surface area contributed by atoms with Gasteiger partial charge in [0.25, 0.3) is 5.56 Å². The summed E-state index contributed by atoms with van der Waals surface area (Å²) in [6.45, 7) is 1.49. The summed E-state index contributed by atoms with van der Waals surface area (Å²) in [5.74, 6) is 0.660. The van der Waals surface area contributed by atoms with E-state index < -0.39 is 0 Å². The smallest absolute Gasteiger partial charge is 0.262 e. The third kappa shape index (κ3) is 3.10. The summed E-state index contributed by atoms with van der Waals surface area (Å²) < 4.78 is 15.0. The first-order chi connectivity index (χ1) is 13.0. The van der Waals surface area contributed by atoms with Gasteiger partial charge < -0.3 is 9.80 Å². The van der Waals surface area contributed by atoms with Crippen LogP contribution in [0.25, 0.3) is 10.9 Å². The normalized spacial score (nSPS) is 20.0. The molecule has 0 saturated carbocycles. The number of anilines is 1. The molecule has 0 bridgehead atoms. The molecule has 6 heteroatoms. The van der Waals surface area contributed by atoms with E-state index in [9.17, 15) is 9.18 Å². The van der Waals surface area contributed by atoms with E-state index in [0.29, 0.717) is 16.9 Å². The van der Waals surface area contributed by atoms with Gasteiger partial charge in [0.05, 0.1) is 10.9 Å². The number of benzene rings is 2. The number of aromatic nitrogens is 2. The van der Waals surface area contributed by atoms with Crippen LogP contribution in [0.15, 0.2) is 53.3 Å². The number of halogens is 1. The number of rotatable bonds is 3. The Balaban J connectivity index is 1.75. The highest BCUT2D eigenvalue weighted by Gasteiger charge is 2.36. The summed E-state index contributed by atoms with van der Waals surface area (Å²) in [5.41, 5.74) is 1.77. The van der Waals surface area contributed by atoms with Crippen LogP contribution in [-0.2, 0) is 7.05 Å². The van der Waals surface area contributed by atoms with Gasteiger partial charge in [-0.15, -0.1) is 0 Å². The molecule has 0 radical (unpaired) electrons. The standard InChI is InChI=1S/C21H23FN4O/c1-24(2)19-13-26(12-17(19)14-8-10-15(22)11-9-14)21-23-18-7-5-4-6-16(18)20(27)25(21)3/h4-11,17,19H,12-13H2,1-3H3. The Morgan fingerprint density at radius 2 is 1.78 bits per heavy atom. The second-order valence-electron chi connectivity index (χ2n) is 7.39. The number of likely N-dealkylation sites (N-methyl/N-ethyl adjacent to an activating group) is 1. The number of para-hydroxylation sites is 1. The third-order valence-corrected chi connectivity index (χ3v) is 5.49. The Hall–Kier alpha value is -2.73. The van der Waals surface area contributed by atoms with Gasteiger partial charge in [-0.1, -0.05) is 24.3 Å². The third-order valence-electron chi connectivity index (χ3n) is 5.49. The summed E-state index contributed by atoms with van der Waals surface area (Å²) >= 11 is 0. The van der Waals surface area contributed by atoms with Crippen LogP contribution in [0.5, 0.6) is 0 Å². The lowest BCUT2D eigenvalue weighted by Crippen LogP contribution is -2.35. The van der Waals surface area contributed by atoms with Crippen molar-refractivity contribution in [1.82, 2.24) is 14.5 Å². The van der Waals surface area contributed by atoms with Crippen LogP contribution < -0.4 is 10.5 Å². The summed E-state index contributed by atoms with van der Waals surface area (Å²) in [5, 5.41) is 0.627. The van der Waals surface area contributed by atoms with E-state index in [1.807, 2.05) is 36.4 Å². The minimum atomic E-state index is -0.228. The monoisotopic (exact) mass is 366 g/mol. The van der Waals surface area contributed by atoms with Gasteiger partial charge in [-0.05, 0) is 43.9 Å². The van der Waals surface area contributed by atoms with Crippen LogP contribution in [0.4, 0.5) is 10.3 Å². The molecule has 1 aliphatic rings. The van der Waals surface area contributed by atoms with E-state index in [2.05, 4.69) is 23.9 Å². The first-order valence-corrected chi connectivity index (χ1v) is 9.08. The molecule has 140 valence electrons. The van der Waals surface area contributed by atoms with Crippen molar-refractivity contribution in [2.24, 2.45) is 7.05 Å². The molecule has 3 aromatic rings. The second kappa shape index (κ2) is 6.78. The fourth-order valence-electron chi connectivity index (χ4n) is 4.00. The van der Waals surface area contributed by atoms with Crippen LogP contribution in [-0.4, -0.2) is 47.7 Å². The molecule has 1 aliphatic heterocycles. The lowest BCUT2D eigenvalue weighted by Gasteiger charge is -2.25.